The largest absolute Gasteiger partial charge is 0.427 e. The van der Waals surface area contributed by atoms with Crippen molar-refractivity contribution in [3.8, 4) is 5.75 Å². The van der Waals surface area contributed by atoms with Gasteiger partial charge in [0.1, 0.15) is 5.75 Å². The van der Waals surface area contributed by atoms with Crippen LogP contribution in [-0.4, -0.2) is 17.8 Å². The lowest BCUT2D eigenvalue weighted by Crippen LogP contribution is -2.22. The number of anilines is 1. The van der Waals surface area contributed by atoms with Crippen molar-refractivity contribution in [1.82, 2.24) is 5.32 Å². The zero-order valence-electron chi connectivity index (χ0n) is 15.5. The number of para-hydroxylation sites is 1. The highest BCUT2D eigenvalue weighted by atomic mass is 16.5. The van der Waals surface area contributed by atoms with E-state index in [-0.39, 0.29) is 18.4 Å². The minimum absolute atomic E-state index is 0.190. The molecule has 0 saturated heterocycles. The summed E-state index contributed by atoms with van der Waals surface area (Å²) >= 11 is 0. The molecule has 0 fully saturated rings. The number of benzene rings is 2. The highest BCUT2D eigenvalue weighted by molar-refractivity contribution is 6.05. The molecule has 0 aromatic heterocycles. The molecule has 2 aromatic rings. The molecule has 2 amide bonds. The molecule has 0 saturated carbocycles. The van der Waals surface area contributed by atoms with Crippen LogP contribution in [0, 0.1) is 0 Å². The molecular formula is C21H22N2O4. The topological polar surface area (TPSA) is 84.5 Å². The van der Waals surface area contributed by atoms with Crippen LogP contribution in [0.1, 0.15) is 36.7 Å². The van der Waals surface area contributed by atoms with Crippen molar-refractivity contribution >= 4 is 23.5 Å². The van der Waals surface area contributed by atoms with Crippen molar-refractivity contribution in [2.45, 2.75) is 27.3 Å². The van der Waals surface area contributed by atoms with Crippen LogP contribution in [0.4, 0.5) is 5.69 Å². The summed E-state index contributed by atoms with van der Waals surface area (Å²) in [6.45, 7) is 5.27. The first kappa shape index (κ1) is 19.9. The number of carbonyl (C=O) groups excluding carboxylic acids is 3. The molecule has 0 atom stereocenters. The molecule has 0 aliphatic rings. The van der Waals surface area contributed by atoms with Crippen molar-refractivity contribution in [2.24, 2.45) is 0 Å². The number of esters is 1. The predicted molar refractivity (Wildman–Crippen MR) is 103 cm³/mol. The maximum Gasteiger partial charge on any atom is 0.308 e. The van der Waals surface area contributed by atoms with Gasteiger partial charge in [-0.1, -0.05) is 29.8 Å². The Kier molecular flexibility index (Phi) is 6.88. The first-order valence-corrected chi connectivity index (χ1v) is 8.45. The predicted octanol–water partition coefficient (Wildman–Crippen LogP) is 3.45. The van der Waals surface area contributed by atoms with Crippen LogP contribution in [-0.2, 0) is 16.1 Å². The Morgan fingerprint density at radius 1 is 1.00 bits per heavy atom. The molecule has 0 heterocycles. The van der Waals surface area contributed by atoms with E-state index in [0.29, 0.717) is 17.0 Å². The van der Waals surface area contributed by atoms with Crippen molar-refractivity contribution in [2.75, 3.05) is 5.32 Å². The lowest BCUT2D eigenvalue weighted by atomic mass is 10.1. The van der Waals surface area contributed by atoms with Crippen molar-refractivity contribution < 1.29 is 19.1 Å². The molecule has 0 bridgehead atoms. The number of amides is 2. The maximum atomic E-state index is 12.5. The third kappa shape index (κ3) is 6.43. The van der Waals surface area contributed by atoms with Gasteiger partial charge in [-0.3, -0.25) is 14.4 Å². The summed E-state index contributed by atoms with van der Waals surface area (Å²) in [5, 5.41) is 5.62. The number of allylic oxidation sites excluding steroid dienone is 1. The summed E-state index contributed by atoms with van der Waals surface area (Å²) < 4.78 is 5.00. The first-order chi connectivity index (χ1) is 12.8. The zero-order valence-corrected chi connectivity index (χ0v) is 15.5. The van der Waals surface area contributed by atoms with E-state index in [1.807, 2.05) is 26.0 Å². The van der Waals surface area contributed by atoms with E-state index in [9.17, 15) is 14.4 Å². The molecule has 0 aliphatic heterocycles. The van der Waals surface area contributed by atoms with Crippen LogP contribution < -0.4 is 15.4 Å². The second-order valence-corrected chi connectivity index (χ2v) is 6.17. The van der Waals surface area contributed by atoms with Crippen LogP contribution in [0.2, 0.25) is 0 Å². The van der Waals surface area contributed by atoms with Crippen LogP contribution in [0.25, 0.3) is 0 Å². The minimum Gasteiger partial charge on any atom is -0.427 e. The Hall–Kier alpha value is -3.41. The van der Waals surface area contributed by atoms with Gasteiger partial charge in [-0.25, -0.2) is 0 Å². The lowest BCUT2D eigenvalue weighted by molar-refractivity contribution is -0.131. The van der Waals surface area contributed by atoms with Gasteiger partial charge in [0.05, 0.1) is 0 Å². The van der Waals surface area contributed by atoms with Crippen LogP contribution in [0.3, 0.4) is 0 Å². The van der Waals surface area contributed by atoms with Gasteiger partial charge in [-0.05, 0) is 43.7 Å². The molecule has 2 aromatic carbocycles. The minimum atomic E-state index is -0.454. The molecule has 140 valence electrons. The van der Waals surface area contributed by atoms with Crippen molar-refractivity contribution in [3.05, 3.63) is 71.3 Å². The Morgan fingerprint density at radius 3 is 2.44 bits per heavy atom. The number of hydrogen-bond donors (Lipinski definition) is 2. The Balaban J connectivity index is 2.11. The molecule has 2 N–H and O–H groups in total. The smallest absolute Gasteiger partial charge is 0.308 e. The van der Waals surface area contributed by atoms with E-state index < -0.39 is 5.97 Å². The zero-order chi connectivity index (χ0) is 19.8. The van der Waals surface area contributed by atoms with Gasteiger partial charge in [0.2, 0.25) is 5.91 Å². The Labute approximate surface area is 158 Å². The molecule has 0 aliphatic carbocycles. The maximum absolute atomic E-state index is 12.5. The second-order valence-electron chi connectivity index (χ2n) is 6.17. The van der Waals surface area contributed by atoms with Gasteiger partial charge in [0.25, 0.3) is 5.91 Å². The van der Waals surface area contributed by atoms with Gasteiger partial charge in [-0.2, -0.15) is 0 Å². The highest BCUT2D eigenvalue weighted by Crippen LogP contribution is 2.18. The van der Waals surface area contributed by atoms with E-state index in [0.717, 1.165) is 11.1 Å². The van der Waals surface area contributed by atoms with E-state index >= 15 is 0 Å². The standard InChI is InChI=1S/C21H22N2O4/c1-14(2)11-20(25)22-13-17-7-4-5-10-19(17)23-21(26)16-8-6-9-18(12-16)27-15(3)24/h4-12H,13H2,1-3H3,(H,22,25)(H,23,26). The quantitative estimate of drug-likeness (QED) is 0.466. The first-order valence-electron chi connectivity index (χ1n) is 8.45. The summed E-state index contributed by atoms with van der Waals surface area (Å²) in [6.07, 6.45) is 1.52. The average molecular weight is 366 g/mol. The molecule has 2 rings (SSSR count). The normalized spacial score (nSPS) is 9.89. The number of hydrogen-bond acceptors (Lipinski definition) is 4. The summed E-state index contributed by atoms with van der Waals surface area (Å²) in [5.41, 5.74) is 2.63. The third-order valence-corrected chi connectivity index (χ3v) is 3.50. The SMILES string of the molecule is CC(=O)Oc1cccc(C(=O)Nc2ccccc2CNC(=O)C=C(C)C)c1. The molecule has 6 nitrogen and oxygen atoms in total. The number of rotatable bonds is 6. The highest BCUT2D eigenvalue weighted by Gasteiger charge is 2.11. The molecule has 6 heteroatoms. The number of carbonyl (C=O) groups is 3. The molecule has 0 radical (unpaired) electrons. The van der Waals surface area contributed by atoms with E-state index in [1.165, 1.54) is 19.1 Å². The van der Waals surface area contributed by atoms with Crippen molar-refractivity contribution in [3.63, 3.8) is 0 Å². The monoisotopic (exact) mass is 366 g/mol. The summed E-state index contributed by atoms with van der Waals surface area (Å²) in [7, 11) is 0. The molecule has 27 heavy (non-hydrogen) atoms. The number of ether oxygens (including phenoxy) is 1. The molecular weight excluding hydrogens is 344 g/mol. The fraction of sp³-hybridized carbons (Fsp3) is 0.190. The second kappa shape index (κ2) is 9.33. The third-order valence-electron chi connectivity index (χ3n) is 3.50. The fourth-order valence-corrected chi connectivity index (χ4v) is 2.35. The van der Waals surface area contributed by atoms with Gasteiger partial charge in [0.15, 0.2) is 0 Å². The van der Waals surface area contributed by atoms with Crippen molar-refractivity contribution in [1.29, 1.82) is 0 Å². The van der Waals surface area contributed by atoms with E-state index in [4.69, 9.17) is 4.74 Å². The summed E-state index contributed by atoms with van der Waals surface area (Å²) in [5.74, 6) is -0.681. The number of nitrogens with one attached hydrogen (secondary N) is 2. The molecule has 0 unspecified atom stereocenters. The van der Waals surface area contributed by atoms with Gasteiger partial charge in [-0.15, -0.1) is 0 Å². The lowest BCUT2D eigenvalue weighted by Gasteiger charge is -2.12. The van der Waals surface area contributed by atoms with Gasteiger partial charge >= 0.3 is 5.97 Å². The Morgan fingerprint density at radius 2 is 1.74 bits per heavy atom. The fourth-order valence-electron chi connectivity index (χ4n) is 2.35. The van der Waals surface area contributed by atoms with E-state index in [2.05, 4.69) is 10.6 Å². The van der Waals surface area contributed by atoms with Gasteiger partial charge in [0, 0.05) is 30.8 Å². The summed E-state index contributed by atoms with van der Waals surface area (Å²) in [6, 6.07) is 13.6. The van der Waals surface area contributed by atoms with Crippen LogP contribution >= 0.6 is 0 Å². The average Bonchev–Trinajstić information content (AvgIpc) is 2.60. The summed E-state index contributed by atoms with van der Waals surface area (Å²) in [4.78, 5) is 35.4. The van der Waals surface area contributed by atoms with Gasteiger partial charge < -0.3 is 15.4 Å². The van der Waals surface area contributed by atoms with Crippen LogP contribution in [0.5, 0.6) is 5.75 Å². The molecule has 0 spiro atoms. The van der Waals surface area contributed by atoms with E-state index in [1.54, 1.807) is 30.3 Å². The Bertz CT molecular complexity index is 883. The van der Waals surface area contributed by atoms with Crippen LogP contribution in [0.15, 0.2) is 60.2 Å².